The van der Waals surface area contributed by atoms with E-state index in [1.54, 1.807) is 6.19 Å². The first kappa shape index (κ1) is 5.10. The molecular weight excluding hydrogens is 104 g/mol. The summed E-state index contributed by atoms with van der Waals surface area (Å²) in [6.45, 7) is 0. The monoisotopic (exact) mass is 110 g/mol. The number of hydrogen-bond donors (Lipinski definition) is 1. The molecule has 1 rings (SSSR count). The summed E-state index contributed by atoms with van der Waals surface area (Å²) in [4.78, 5) is 10.5. The molecule has 0 aromatic rings. The minimum atomic E-state index is -0.118. The van der Waals surface area contributed by atoms with Gasteiger partial charge >= 0.3 is 0 Å². The largest absolute Gasteiger partial charge is 0.274 e. The number of nitriles is 1. The van der Waals surface area contributed by atoms with Crippen molar-refractivity contribution in [1.82, 2.24) is 5.32 Å². The lowest BCUT2D eigenvalue weighted by Crippen LogP contribution is -2.18. The van der Waals surface area contributed by atoms with Gasteiger partial charge in [0, 0.05) is 5.92 Å². The van der Waals surface area contributed by atoms with E-state index >= 15 is 0 Å². The fourth-order valence-electron chi connectivity index (χ4n) is 0.503. The van der Waals surface area contributed by atoms with Crippen LogP contribution >= 0.6 is 0 Å². The van der Waals surface area contributed by atoms with E-state index in [0.717, 1.165) is 12.8 Å². The molecule has 0 aromatic heterocycles. The van der Waals surface area contributed by atoms with Crippen molar-refractivity contribution in [3.63, 3.8) is 0 Å². The first-order chi connectivity index (χ1) is 3.84. The van der Waals surface area contributed by atoms with Crippen LogP contribution in [0.3, 0.4) is 0 Å². The van der Waals surface area contributed by atoms with E-state index in [-0.39, 0.29) is 11.8 Å². The highest BCUT2D eigenvalue weighted by Crippen LogP contribution is 2.28. The Morgan fingerprint density at radius 2 is 2.38 bits per heavy atom. The van der Waals surface area contributed by atoms with Gasteiger partial charge in [-0.2, -0.15) is 5.26 Å². The average molecular weight is 110 g/mol. The van der Waals surface area contributed by atoms with Crippen LogP contribution in [0.25, 0.3) is 0 Å². The molecule has 1 fully saturated rings. The van der Waals surface area contributed by atoms with Crippen molar-refractivity contribution in [2.75, 3.05) is 0 Å². The lowest BCUT2D eigenvalue weighted by Gasteiger charge is -1.86. The lowest BCUT2D eigenvalue weighted by atomic mass is 10.4. The van der Waals surface area contributed by atoms with Crippen molar-refractivity contribution in [1.29, 1.82) is 5.26 Å². The van der Waals surface area contributed by atoms with Crippen LogP contribution in [0, 0.1) is 17.4 Å². The summed E-state index contributed by atoms with van der Waals surface area (Å²) in [6, 6.07) is 0. The van der Waals surface area contributed by atoms with Gasteiger partial charge < -0.3 is 0 Å². The second-order valence-electron chi connectivity index (χ2n) is 1.88. The molecule has 1 saturated carbocycles. The molecule has 0 aliphatic heterocycles. The van der Waals surface area contributed by atoms with Gasteiger partial charge in [-0.3, -0.25) is 10.1 Å². The number of amides is 1. The van der Waals surface area contributed by atoms with Crippen molar-refractivity contribution < 1.29 is 4.79 Å². The Bertz CT molecular complexity index is 143. The molecular formula is C5H6N2O. The second-order valence-corrected chi connectivity index (χ2v) is 1.88. The Labute approximate surface area is 47.3 Å². The van der Waals surface area contributed by atoms with Crippen LogP contribution in [0.2, 0.25) is 0 Å². The van der Waals surface area contributed by atoms with Gasteiger partial charge in [-0.25, -0.2) is 0 Å². The van der Waals surface area contributed by atoms with Gasteiger partial charge in [0.1, 0.15) is 0 Å². The van der Waals surface area contributed by atoms with Crippen LogP contribution in [0.1, 0.15) is 12.8 Å². The number of nitrogens with zero attached hydrogens (tertiary/aromatic N) is 1. The highest BCUT2D eigenvalue weighted by molar-refractivity contribution is 5.82. The van der Waals surface area contributed by atoms with E-state index in [1.807, 2.05) is 0 Å². The third kappa shape index (κ3) is 0.969. The Morgan fingerprint density at radius 3 is 2.75 bits per heavy atom. The fraction of sp³-hybridized carbons (Fsp3) is 0.600. The van der Waals surface area contributed by atoms with E-state index in [2.05, 4.69) is 5.32 Å². The molecule has 0 heterocycles. The summed E-state index contributed by atoms with van der Waals surface area (Å²) in [5.74, 6) is 0.0298. The van der Waals surface area contributed by atoms with Crippen molar-refractivity contribution >= 4 is 5.91 Å². The molecule has 1 aliphatic carbocycles. The van der Waals surface area contributed by atoms with Gasteiger partial charge in [-0.05, 0) is 12.8 Å². The number of carbonyl (C=O) groups is 1. The van der Waals surface area contributed by atoms with Crippen molar-refractivity contribution in [3.8, 4) is 6.19 Å². The van der Waals surface area contributed by atoms with Crippen LogP contribution in [0.5, 0.6) is 0 Å². The van der Waals surface area contributed by atoms with E-state index in [4.69, 9.17) is 5.26 Å². The molecule has 0 atom stereocenters. The van der Waals surface area contributed by atoms with Gasteiger partial charge in [0.2, 0.25) is 5.91 Å². The quantitative estimate of drug-likeness (QED) is 0.381. The van der Waals surface area contributed by atoms with Crippen molar-refractivity contribution in [2.45, 2.75) is 12.8 Å². The molecule has 0 bridgehead atoms. The van der Waals surface area contributed by atoms with Gasteiger partial charge in [-0.1, -0.05) is 0 Å². The maximum atomic E-state index is 10.5. The SMILES string of the molecule is N#CNC(=O)C1CC1. The van der Waals surface area contributed by atoms with E-state index in [9.17, 15) is 4.79 Å². The van der Waals surface area contributed by atoms with E-state index < -0.39 is 0 Å². The number of rotatable bonds is 1. The molecule has 1 aliphatic rings. The summed E-state index contributed by atoms with van der Waals surface area (Å²) >= 11 is 0. The zero-order valence-electron chi connectivity index (χ0n) is 4.35. The standard InChI is InChI=1S/C5H6N2O/c6-3-7-5(8)4-1-2-4/h4H,1-2H2,(H,7,8). The minimum absolute atomic E-state index is 0.118. The van der Waals surface area contributed by atoms with Crippen molar-refractivity contribution in [2.24, 2.45) is 5.92 Å². The normalized spacial score (nSPS) is 16.9. The maximum Gasteiger partial charge on any atom is 0.236 e. The predicted octanol–water partition coefficient (Wildman–Crippen LogP) is -0.00632. The molecule has 0 radical (unpaired) electrons. The Hall–Kier alpha value is -1.04. The summed E-state index contributed by atoms with van der Waals surface area (Å²) in [5, 5.41) is 10.0. The van der Waals surface area contributed by atoms with Gasteiger partial charge in [-0.15, -0.1) is 0 Å². The molecule has 0 aromatic carbocycles. The number of carbonyl (C=O) groups excluding carboxylic acids is 1. The first-order valence-corrected chi connectivity index (χ1v) is 2.53. The Morgan fingerprint density at radius 1 is 1.75 bits per heavy atom. The smallest absolute Gasteiger partial charge is 0.236 e. The Balaban J connectivity index is 2.26. The van der Waals surface area contributed by atoms with Crippen LogP contribution in [0.4, 0.5) is 0 Å². The van der Waals surface area contributed by atoms with Gasteiger partial charge in [0.25, 0.3) is 0 Å². The molecule has 0 spiro atoms. The summed E-state index contributed by atoms with van der Waals surface area (Å²) in [5.41, 5.74) is 0. The summed E-state index contributed by atoms with van der Waals surface area (Å²) < 4.78 is 0. The third-order valence-corrected chi connectivity index (χ3v) is 1.13. The van der Waals surface area contributed by atoms with Crippen LogP contribution in [-0.4, -0.2) is 5.91 Å². The van der Waals surface area contributed by atoms with E-state index in [1.165, 1.54) is 0 Å². The molecule has 1 amide bonds. The molecule has 3 nitrogen and oxygen atoms in total. The van der Waals surface area contributed by atoms with Crippen LogP contribution in [-0.2, 0) is 4.79 Å². The first-order valence-electron chi connectivity index (χ1n) is 2.53. The Kier molecular flexibility index (Phi) is 1.17. The highest BCUT2D eigenvalue weighted by atomic mass is 16.1. The van der Waals surface area contributed by atoms with Crippen LogP contribution in [0.15, 0.2) is 0 Å². The number of hydrogen-bond acceptors (Lipinski definition) is 2. The molecule has 42 valence electrons. The van der Waals surface area contributed by atoms with E-state index in [0.29, 0.717) is 0 Å². The lowest BCUT2D eigenvalue weighted by molar-refractivity contribution is -0.121. The molecule has 8 heavy (non-hydrogen) atoms. The molecule has 0 saturated heterocycles. The molecule has 3 heteroatoms. The third-order valence-electron chi connectivity index (χ3n) is 1.13. The summed E-state index contributed by atoms with van der Waals surface area (Å²) in [6.07, 6.45) is 3.49. The van der Waals surface area contributed by atoms with Crippen molar-refractivity contribution in [3.05, 3.63) is 0 Å². The highest BCUT2D eigenvalue weighted by Gasteiger charge is 2.29. The molecule has 0 unspecified atom stereocenters. The van der Waals surface area contributed by atoms with Gasteiger partial charge in [0.05, 0.1) is 0 Å². The zero-order valence-corrected chi connectivity index (χ0v) is 4.35. The fourth-order valence-corrected chi connectivity index (χ4v) is 0.503. The number of nitrogens with one attached hydrogen (secondary N) is 1. The molecule has 1 N–H and O–H groups in total. The van der Waals surface area contributed by atoms with Crippen LogP contribution < -0.4 is 5.32 Å². The average Bonchev–Trinajstić information content (AvgIpc) is 2.45. The maximum absolute atomic E-state index is 10.5. The minimum Gasteiger partial charge on any atom is -0.274 e. The topological polar surface area (TPSA) is 52.9 Å². The summed E-state index contributed by atoms with van der Waals surface area (Å²) in [7, 11) is 0. The second kappa shape index (κ2) is 1.83. The predicted molar refractivity (Wildman–Crippen MR) is 26.5 cm³/mol. The zero-order chi connectivity index (χ0) is 5.98. The van der Waals surface area contributed by atoms with Gasteiger partial charge in [0.15, 0.2) is 6.19 Å².